The van der Waals surface area contributed by atoms with E-state index in [0.29, 0.717) is 23.0 Å². The van der Waals surface area contributed by atoms with Gasteiger partial charge >= 0.3 is 6.18 Å². The molecule has 0 aliphatic carbocycles. The van der Waals surface area contributed by atoms with Crippen LogP contribution in [0.3, 0.4) is 0 Å². The molecule has 10 heteroatoms. The number of halogens is 3. The lowest BCUT2D eigenvalue weighted by Gasteiger charge is -2.28. The molecule has 4 aromatic rings. The summed E-state index contributed by atoms with van der Waals surface area (Å²) in [6.07, 6.45) is -2.65. The maximum Gasteiger partial charge on any atom is 0.418 e. The van der Waals surface area contributed by atoms with E-state index in [-0.39, 0.29) is 24.1 Å². The number of anilines is 1. The molecule has 41 heavy (non-hydrogen) atoms. The van der Waals surface area contributed by atoms with Gasteiger partial charge in [-0.3, -0.25) is 9.78 Å². The van der Waals surface area contributed by atoms with Gasteiger partial charge in [0.2, 0.25) is 5.91 Å². The van der Waals surface area contributed by atoms with E-state index >= 15 is 0 Å². The second kappa shape index (κ2) is 11.4. The number of carbonyl (C=O) groups is 1. The number of thiocarbonyl (C=S) groups is 1. The Bertz CT molecular complexity index is 1580. The molecule has 2 atom stereocenters. The van der Waals surface area contributed by atoms with Crippen molar-refractivity contribution in [3.05, 3.63) is 113 Å². The minimum atomic E-state index is -4.51. The molecule has 0 bridgehead atoms. The zero-order chi connectivity index (χ0) is 29.3. The molecule has 5 rings (SSSR count). The Labute approximate surface area is 242 Å². The van der Waals surface area contributed by atoms with Crippen LogP contribution in [0.4, 0.5) is 18.9 Å². The van der Waals surface area contributed by atoms with E-state index in [1.165, 1.54) is 12.1 Å². The van der Waals surface area contributed by atoms with E-state index in [1.807, 2.05) is 67.3 Å². The molecule has 1 saturated heterocycles. The number of nitrogens with zero attached hydrogens (tertiary/aromatic N) is 3. The second-order valence-electron chi connectivity index (χ2n) is 10.1. The van der Waals surface area contributed by atoms with E-state index in [1.54, 1.807) is 23.8 Å². The minimum Gasteiger partial charge on any atom is -0.352 e. The number of hydrogen-bond donors (Lipinski definition) is 2. The first-order valence-corrected chi connectivity index (χ1v) is 13.7. The Kier molecular flexibility index (Phi) is 7.86. The zero-order valence-corrected chi connectivity index (χ0v) is 23.7. The van der Waals surface area contributed by atoms with Crippen molar-refractivity contribution in [2.24, 2.45) is 0 Å². The van der Waals surface area contributed by atoms with Crippen molar-refractivity contribution in [3.8, 4) is 5.69 Å². The normalized spacial score (nSPS) is 17.0. The molecule has 0 saturated carbocycles. The zero-order valence-electron chi connectivity index (χ0n) is 22.9. The van der Waals surface area contributed by atoms with Crippen molar-refractivity contribution in [1.82, 2.24) is 19.8 Å². The number of nitrogens with one attached hydrogen (secondary N) is 2. The van der Waals surface area contributed by atoms with Crippen LogP contribution in [0.1, 0.15) is 52.3 Å². The predicted octanol–water partition coefficient (Wildman–Crippen LogP) is 6.82. The Morgan fingerprint density at radius 3 is 2.44 bits per heavy atom. The van der Waals surface area contributed by atoms with Crippen LogP contribution in [0.15, 0.2) is 79.0 Å². The third-order valence-corrected chi connectivity index (χ3v) is 7.79. The molecule has 3 heterocycles. The van der Waals surface area contributed by atoms with E-state index in [4.69, 9.17) is 12.2 Å². The molecule has 2 unspecified atom stereocenters. The fourth-order valence-corrected chi connectivity index (χ4v) is 5.83. The fraction of sp³-hybridized carbons (Fsp3) is 0.258. The molecule has 1 fully saturated rings. The van der Waals surface area contributed by atoms with Gasteiger partial charge in [-0.1, -0.05) is 36.4 Å². The highest BCUT2D eigenvalue weighted by molar-refractivity contribution is 7.80. The lowest BCUT2D eigenvalue weighted by molar-refractivity contribution is -0.137. The number of amides is 1. The number of alkyl halides is 3. The maximum atomic E-state index is 14.0. The number of aryl methyl sites for hydroxylation is 2. The summed E-state index contributed by atoms with van der Waals surface area (Å²) in [7, 11) is 0. The molecule has 212 valence electrons. The van der Waals surface area contributed by atoms with Crippen LogP contribution in [-0.4, -0.2) is 32.0 Å². The van der Waals surface area contributed by atoms with Gasteiger partial charge in [0.1, 0.15) is 0 Å². The summed E-state index contributed by atoms with van der Waals surface area (Å²) in [5.74, 6) is -0.160. The standard InChI is InChI=1S/C31H30F3N5OS/c1-19-10-4-6-12-24(19)36-27(40)15-17-38-29(28(37-30(38)41)25-13-8-9-16-35-25)22-18-20(2)39(21(22)3)26-14-7-5-11-23(26)31(32,33)34/h4-14,16,18,28-29H,15,17H2,1-3H3,(H,36,40)(H,37,41). The van der Waals surface area contributed by atoms with Crippen LogP contribution in [0.2, 0.25) is 0 Å². The van der Waals surface area contributed by atoms with Crippen LogP contribution in [0.25, 0.3) is 5.69 Å². The summed E-state index contributed by atoms with van der Waals surface area (Å²) in [5, 5.41) is 6.77. The summed E-state index contributed by atoms with van der Waals surface area (Å²) >= 11 is 5.74. The van der Waals surface area contributed by atoms with Crippen molar-refractivity contribution in [2.45, 2.75) is 45.5 Å². The summed E-state index contributed by atoms with van der Waals surface area (Å²) in [4.78, 5) is 19.4. The van der Waals surface area contributed by atoms with Crippen LogP contribution in [0.5, 0.6) is 0 Å². The summed E-state index contributed by atoms with van der Waals surface area (Å²) in [5.41, 5.74) is 3.92. The molecular weight excluding hydrogens is 547 g/mol. The van der Waals surface area contributed by atoms with E-state index in [0.717, 1.165) is 28.6 Å². The van der Waals surface area contributed by atoms with Gasteiger partial charge in [0.15, 0.2) is 5.11 Å². The first kappa shape index (κ1) is 28.4. The van der Waals surface area contributed by atoms with Gasteiger partial charge in [-0.2, -0.15) is 13.2 Å². The first-order chi connectivity index (χ1) is 19.6. The SMILES string of the molecule is Cc1ccccc1NC(=O)CCN1C(=S)NC(c2ccccn2)C1c1cc(C)n(-c2ccccc2C(F)(F)F)c1C. The van der Waals surface area contributed by atoms with Gasteiger partial charge in [-0.05, 0) is 80.5 Å². The third kappa shape index (κ3) is 5.69. The molecule has 0 radical (unpaired) electrons. The van der Waals surface area contributed by atoms with Crippen LogP contribution >= 0.6 is 12.2 Å². The Morgan fingerprint density at radius 2 is 1.73 bits per heavy atom. The molecule has 2 aromatic heterocycles. The second-order valence-corrected chi connectivity index (χ2v) is 10.5. The number of para-hydroxylation sites is 2. The third-order valence-electron chi connectivity index (χ3n) is 7.44. The smallest absolute Gasteiger partial charge is 0.352 e. The molecule has 1 aliphatic rings. The highest BCUT2D eigenvalue weighted by Gasteiger charge is 2.42. The molecule has 6 nitrogen and oxygen atoms in total. The Morgan fingerprint density at radius 1 is 1.02 bits per heavy atom. The molecule has 2 N–H and O–H groups in total. The fourth-order valence-electron chi connectivity index (χ4n) is 5.50. The quantitative estimate of drug-likeness (QED) is 0.236. The van der Waals surface area contributed by atoms with E-state index in [2.05, 4.69) is 15.6 Å². The largest absolute Gasteiger partial charge is 0.418 e. The highest BCUT2D eigenvalue weighted by atomic mass is 32.1. The molecular formula is C31H30F3N5OS. The number of benzene rings is 2. The maximum absolute atomic E-state index is 14.0. The van der Waals surface area contributed by atoms with Crippen molar-refractivity contribution >= 4 is 28.9 Å². The van der Waals surface area contributed by atoms with Gasteiger partial charge in [0.25, 0.3) is 0 Å². The van der Waals surface area contributed by atoms with Crippen LogP contribution in [-0.2, 0) is 11.0 Å². The van der Waals surface area contributed by atoms with Gasteiger partial charge in [0.05, 0.1) is 29.0 Å². The number of rotatable bonds is 7. The van der Waals surface area contributed by atoms with Crippen LogP contribution < -0.4 is 10.6 Å². The van der Waals surface area contributed by atoms with Crippen LogP contribution in [0, 0.1) is 20.8 Å². The first-order valence-electron chi connectivity index (χ1n) is 13.2. The van der Waals surface area contributed by atoms with Crippen molar-refractivity contribution in [3.63, 3.8) is 0 Å². The number of hydrogen-bond acceptors (Lipinski definition) is 3. The highest BCUT2D eigenvalue weighted by Crippen LogP contribution is 2.42. The van der Waals surface area contributed by atoms with Crippen molar-refractivity contribution < 1.29 is 18.0 Å². The van der Waals surface area contributed by atoms with Gasteiger partial charge in [-0.15, -0.1) is 0 Å². The molecule has 0 spiro atoms. The Hall–Kier alpha value is -4.18. The molecule has 2 aromatic carbocycles. The van der Waals surface area contributed by atoms with E-state index in [9.17, 15) is 18.0 Å². The lowest BCUT2D eigenvalue weighted by atomic mass is 9.96. The van der Waals surface area contributed by atoms with Crippen molar-refractivity contribution in [2.75, 3.05) is 11.9 Å². The molecule has 1 aliphatic heterocycles. The summed E-state index contributed by atoms with van der Waals surface area (Å²) in [6, 6.07) is 19.8. The predicted molar refractivity (Wildman–Crippen MR) is 157 cm³/mol. The van der Waals surface area contributed by atoms with Gasteiger partial charge in [-0.25, -0.2) is 0 Å². The minimum absolute atomic E-state index is 0.0633. The van der Waals surface area contributed by atoms with Gasteiger partial charge in [0, 0.05) is 36.2 Å². The topological polar surface area (TPSA) is 62.2 Å². The average molecular weight is 578 g/mol. The summed E-state index contributed by atoms with van der Waals surface area (Å²) < 4.78 is 43.5. The Balaban J connectivity index is 1.52. The van der Waals surface area contributed by atoms with E-state index < -0.39 is 17.8 Å². The number of pyridine rings is 1. The van der Waals surface area contributed by atoms with Gasteiger partial charge < -0.3 is 20.1 Å². The number of aromatic nitrogens is 2. The average Bonchev–Trinajstić information content (AvgIpc) is 3.42. The summed E-state index contributed by atoms with van der Waals surface area (Å²) in [6.45, 7) is 5.84. The monoisotopic (exact) mass is 577 g/mol. The lowest BCUT2D eigenvalue weighted by Crippen LogP contribution is -2.33. The van der Waals surface area contributed by atoms with Crippen molar-refractivity contribution in [1.29, 1.82) is 0 Å². The number of carbonyl (C=O) groups excluding carboxylic acids is 1. The molecule has 1 amide bonds.